The Hall–Kier alpha value is -2.63. The fourth-order valence-corrected chi connectivity index (χ4v) is 2.74. The summed E-state index contributed by atoms with van der Waals surface area (Å²) in [5, 5.41) is 7.95. The summed E-state index contributed by atoms with van der Waals surface area (Å²) >= 11 is 0. The molecule has 0 bridgehead atoms. The van der Waals surface area contributed by atoms with Gasteiger partial charge in [0.15, 0.2) is 11.5 Å². The standard InChI is InChI=1S/C16H18N4O2/c1-22-13-4-2-11(3-5-13)12-8-9-20(10-12)15-7-6-14(16(17)21)18-19-15/h2-7,12H,8-10H2,1H3,(H2,17,21). The number of nitrogens with zero attached hydrogens (tertiary/aromatic N) is 3. The quantitative estimate of drug-likeness (QED) is 0.926. The number of anilines is 1. The number of carbonyl (C=O) groups is 1. The lowest BCUT2D eigenvalue weighted by Crippen LogP contribution is -2.22. The summed E-state index contributed by atoms with van der Waals surface area (Å²) in [6.45, 7) is 1.80. The highest BCUT2D eigenvalue weighted by atomic mass is 16.5. The number of methoxy groups -OCH3 is 1. The van der Waals surface area contributed by atoms with E-state index < -0.39 is 5.91 Å². The fourth-order valence-electron chi connectivity index (χ4n) is 2.74. The van der Waals surface area contributed by atoms with E-state index in [1.54, 1.807) is 19.2 Å². The van der Waals surface area contributed by atoms with Gasteiger partial charge >= 0.3 is 0 Å². The predicted octanol–water partition coefficient (Wildman–Crippen LogP) is 1.58. The van der Waals surface area contributed by atoms with Gasteiger partial charge in [-0.05, 0) is 36.2 Å². The maximum Gasteiger partial charge on any atom is 0.269 e. The number of hydrogen-bond donors (Lipinski definition) is 1. The zero-order valence-electron chi connectivity index (χ0n) is 12.4. The minimum atomic E-state index is -0.559. The molecule has 6 nitrogen and oxygen atoms in total. The summed E-state index contributed by atoms with van der Waals surface area (Å²) in [7, 11) is 1.67. The Labute approximate surface area is 128 Å². The first-order valence-corrected chi connectivity index (χ1v) is 7.20. The van der Waals surface area contributed by atoms with Crippen molar-refractivity contribution in [3.8, 4) is 5.75 Å². The first kappa shape index (κ1) is 14.3. The van der Waals surface area contributed by atoms with E-state index in [4.69, 9.17) is 10.5 Å². The largest absolute Gasteiger partial charge is 0.497 e. The second-order valence-electron chi connectivity index (χ2n) is 5.35. The topological polar surface area (TPSA) is 81.3 Å². The number of benzene rings is 1. The van der Waals surface area contributed by atoms with Crippen molar-refractivity contribution in [2.75, 3.05) is 25.1 Å². The van der Waals surface area contributed by atoms with Crippen LogP contribution >= 0.6 is 0 Å². The van der Waals surface area contributed by atoms with Crippen molar-refractivity contribution < 1.29 is 9.53 Å². The number of hydrogen-bond acceptors (Lipinski definition) is 5. The highest BCUT2D eigenvalue weighted by Gasteiger charge is 2.25. The highest BCUT2D eigenvalue weighted by Crippen LogP contribution is 2.30. The molecule has 0 aliphatic carbocycles. The van der Waals surface area contributed by atoms with E-state index in [0.717, 1.165) is 31.1 Å². The van der Waals surface area contributed by atoms with Crippen LogP contribution in [0.4, 0.5) is 5.82 Å². The molecule has 1 amide bonds. The zero-order valence-corrected chi connectivity index (χ0v) is 12.4. The van der Waals surface area contributed by atoms with Crippen molar-refractivity contribution >= 4 is 11.7 Å². The van der Waals surface area contributed by atoms with Gasteiger partial charge < -0.3 is 15.4 Å². The molecule has 1 aromatic carbocycles. The van der Waals surface area contributed by atoms with Crippen molar-refractivity contribution in [3.05, 3.63) is 47.7 Å². The summed E-state index contributed by atoms with van der Waals surface area (Å²) in [6, 6.07) is 11.6. The minimum absolute atomic E-state index is 0.189. The smallest absolute Gasteiger partial charge is 0.269 e. The lowest BCUT2D eigenvalue weighted by atomic mass is 9.98. The molecule has 0 spiro atoms. The molecule has 2 heterocycles. The Morgan fingerprint density at radius 1 is 1.23 bits per heavy atom. The SMILES string of the molecule is COc1ccc(C2CCN(c3ccc(C(N)=O)nn3)C2)cc1. The van der Waals surface area contributed by atoms with Crippen LogP contribution in [0.3, 0.4) is 0 Å². The Balaban J connectivity index is 1.69. The number of ether oxygens (including phenoxy) is 1. The molecule has 0 saturated carbocycles. The third kappa shape index (κ3) is 2.86. The molecule has 114 valence electrons. The number of rotatable bonds is 4. The van der Waals surface area contributed by atoms with Crippen LogP contribution < -0.4 is 15.4 Å². The Kier molecular flexibility index (Phi) is 3.91. The summed E-state index contributed by atoms with van der Waals surface area (Å²) < 4.78 is 5.19. The predicted molar refractivity (Wildman–Crippen MR) is 83.1 cm³/mol. The average molecular weight is 298 g/mol. The number of aromatic nitrogens is 2. The molecule has 1 saturated heterocycles. The lowest BCUT2D eigenvalue weighted by molar-refractivity contribution is 0.0994. The van der Waals surface area contributed by atoms with E-state index in [1.165, 1.54) is 5.56 Å². The van der Waals surface area contributed by atoms with Gasteiger partial charge in [-0.1, -0.05) is 12.1 Å². The second kappa shape index (κ2) is 6.01. The van der Waals surface area contributed by atoms with E-state index in [2.05, 4.69) is 27.2 Å². The molecular formula is C16H18N4O2. The Bertz CT molecular complexity index is 655. The van der Waals surface area contributed by atoms with Crippen molar-refractivity contribution in [2.45, 2.75) is 12.3 Å². The third-order valence-electron chi connectivity index (χ3n) is 4.00. The molecule has 22 heavy (non-hydrogen) atoms. The van der Waals surface area contributed by atoms with E-state index in [0.29, 0.717) is 5.92 Å². The van der Waals surface area contributed by atoms with E-state index in [1.807, 2.05) is 12.1 Å². The third-order valence-corrected chi connectivity index (χ3v) is 4.00. The lowest BCUT2D eigenvalue weighted by Gasteiger charge is -2.17. The molecule has 1 fully saturated rings. The molecule has 2 N–H and O–H groups in total. The van der Waals surface area contributed by atoms with Crippen LogP contribution in [0.15, 0.2) is 36.4 Å². The molecule has 6 heteroatoms. The molecule has 1 unspecified atom stereocenters. The van der Waals surface area contributed by atoms with Crippen LogP contribution in [-0.2, 0) is 0 Å². The molecular weight excluding hydrogens is 280 g/mol. The number of primary amides is 1. The maximum absolute atomic E-state index is 11.0. The van der Waals surface area contributed by atoms with E-state index in [-0.39, 0.29) is 5.69 Å². The van der Waals surface area contributed by atoms with E-state index >= 15 is 0 Å². The Morgan fingerprint density at radius 2 is 2.00 bits per heavy atom. The van der Waals surface area contributed by atoms with Gasteiger partial charge in [0.25, 0.3) is 5.91 Å². The summed E-state index contributed by atoms with van der Waals surface area (Å²) in [4.78, 5) is 13.2. The van der Waals surface area contributed by atoms with Gasteiger partial charge in [-0.3, -0.25) is 4.79 Å². The molecule has 2 aromatic rings. The molecule has 0 radical (unpaired) electrons. The molecule has 3 rings (SSSR count). The van der Waals surface area contributed by atoms with Gasteiger partial charge in [0, 0.05) is 19.0 Å². The number of nitrogens with two attached hydrogens (primary N) is 1. The minimum Gasteiger partial charge on any atom is -0.497 e. The van der Waals surface area contributed by atoms with Crippen molar-refractivity contribution in [1.82, 2.24) is 10.2 Å². The first-order chi connectivity index (χ1) is 10.7. The van der Waals surface area contributed by atoms with Crippen LogP contribution in [0.1, 0.15) is 28.4 Å². The van der Waals surface area contributed by atoms with Crippen LogP contribution in [0.25, 0.3) is 0 Å². The summed E-state index contributed by atoms with van der Waals surface area (Å²) in [6.07, 6.45) is 1.06. The number of amides is 1. The molecule has 1 aliphatic heterocycles. The highest BCUT2D eigenvalue weighted by molar-refractivity contribution is 5.90. The molecule has 1 atom stereocenters. The van der Waals surface area contributed by atoms with Crippen molar-refractivity contribution in [2.24, 2.45) is 5.73 Å². The van der Waals surface area contributed by atoms with Gasteiger partial charge in [0.05, 0.1) is 7.11 Å². The summed E-state index contributed by atoms with van der Waals surface area (Å²) in [5.41, 5.74) is 6.66. The first-order valence-electron chi connectivity index (χ1n) is 7.20. The Morgan fingerprint density at radius 3 is 2.59 bits per heavy atom. The molecule has 1 aromatic heterocycles. The van der Waals surface area contributed by atoms with Crippen LogP contribution in [0, 0.1) is 0 Å². The van der Waals surface area contributed by atoms with Gasteiger partial charge in [0.2, 0.25) is 0 Å². The summed E-state index contributed by atoms with van der Waals surface area (Å²) in [5.74, 6) is 1.55. The van der Waals surface area contributed by atoms with Crippen molar-refractivity contribution in [1.29, 1.82) is 0 Å². The van der Waals surface area contributed by atoms with E-state index in [9.17, 15) is 4.79 Å². The zero-order chi connectivity index (χ0) is 15.5. The fraction of sp³-hybridized carbons (Fsp3) is 0.312. The molecule has 1 aliphatic rings. The van der Waals surface area contributed by atoms with Crippen LogP contribution in [0.2, 0.25) is 0 Å². The maximum atomic E-state index is 11.0. The van der Waals surface area contributed by atoms with Crippen LogP contribution in [-0.4, -0.2) is 36.3 Å². The monoisotopic (exact) mass is 298 g/mol. The van der Waals surface area contributed by atoms with Crippen molar-refractivity contribution in [3.63, 3.8) is 0 Å². The van der Waals surface area contributed by atoms with Gasteiger partial charge in [-0.15, -0.1) is 10.2 Å². The van der Waals surface area contributed by atoms with Gasteiger partial charge in [-0.25, -0.2) is 0 Å². The number of carbonyl (C=O) groups excluding carboxylic acids is 1. The average Bonchev–Trinajstić information content (AvgIpc) is 3.05. The van der Waals surface area contributed by atoms with Crippen LogP contribution in [0.5, 0.6) is 5.75 Å². The second-order valence-corrected chi connectivity index (χ2v) is 5.35. The normalized spacial score (nSPS) is 17.5. The van der Waals surface area contributed by atoms with Gasteiger partial charge in [-0.2, -0.15) is 0 Å². The van der Waals surface area contributed by atoms with Gasteiger partial charge in [0.1, 0.15) is 5.75 Å².